The first-order chi connectivity index (χ1) is 6.75. The van der Waals surface area contributed by atoms with Crippen molar-refractivity contribution in [2.24, 2.45) is 5.92 Å². The van der Waals surface area contributed by atoms with Crippen molar-refractivity contribution in [2.45, 2.75) is 19.3 Å². The molecule has 0 unspecified atom stereocenters. The van der Waals surface area contributed by atoms with E-state index in [1.54, 1.807) is 0 Å². The van der Waals surface area contributed by atoms with Crippen molar-refractivity contribution in [1.82, 2.24) is 9.80 Å². The second-order valence-electron chi connectivity index (χ2n) is 4.67. The molecule has 0 spiro atoms. The molecule has 1 saturated carbocycles. The minimum Gasteiger partial charge on any atom is -0.305 e. The van der Waals surface area contributed by atoms with Crippen molar-refractivity contribution in [1.29, 1.82) is 0 Å². The van der Waals surface area contributed by atoms with Gasteiger partial charge in [0.25, 0.3) is 0 Å². The van der Waals surface area contributed by atoms with Crippen LogP contribution in [0.5, 0.6) is 0 Å². The zero-order chi connectivity index (χ0) is 9.97. The number of likely N-dealkylation sites (N-methyl/N-ethyl adjacent to an activating group) is 1. The number of nitrogens with zero attached hydrogens (tertiary/aromatic N) is 2. The first kappa shape index (κ1) is 10.1. The van der Waals surface area contributed by atoms with Gasteiger partial charge in [0.2, 0.25) is 0 Å². The summed E-state index contributed by atoms with van der Waals surface area (Å²) in [6.07, 6.45) is 3.49. The van der Waals surface area contributed by atoms with Crippen LogP contribution in [0.15, 0.2) is 0 Å². The molecule has 80 valence electrons. The topological polar surface area (TPSA) is 23.6 Å². The zero-order valence-electron chi connectivity index (χ0n) is 9.04. The summed E-state index contributed by atoms with van der Waals surface area (Å²) >= 11 is 0. The zero-order valence-corrected chi connectivity index (χ0v) is 9.04. The lowest BCUT2D eigenvalue weighted by atomic mass is 10.2. The molecule has 0 aromatic rings. The quantitative estimate of drug-likeness (QED) is 0.660. The fourth-order valence-corrected chi connectivity index (χ4v) is 2.01. The molecular formula is C11H20N2O. The summed E-state index contributed by atoms with van der Waals surface area (Å²) in [7, 11) is 2.16. The van der Waals surface area contributed by atoms with Gasteiger partial charge in [0.05, 0.1) is 6.54 Å². The summed E-state index contributed by atoms with van der Waals surface area (Å²) in [5, 5.41) is 0. The Kier molecular flexibility index (Phi) is 3.19. The second kappa shape index (κ2) is 4.41. The van der Waals surface area contributed by atoms with E-state index in [2.05, 4.69) is 16.8 Å². The summed E-state index contributed by atoms with van der Waals surface area (Å²) in [6.45, 7) is 5.16. The van der Waals surface area contributed by atoms with Gasteiger partial charge < -0.3 is 4.90 Å². The van der Waals surface area contributed by atoms with Crippen LogP contribution in [0.25, 0.3) is 0 Å². The minimum atomic E-state index is 0.427. The van der Waals surface area contributed by atoms with E-state index in [0.29, 0.717) is 18.2 Å². The Labute approximate surface area is 86.1 Å². The molecule has 0 amide bonds. The maximum atomic E-state index is 11.6. The number of rotatable bonds is 3. The van der Waals surface area contributed by atoms with E-state index >= 15 is 0 Å². The molecule has 0 radical (unpaired) electrons. The number of carbonyl (C=O) groups excluding carboxylic acids is 1. The van der Waals surface area contributed by atoms with Gasteiger partial charge in [-0.1, -0.05) is 0 Å². The molecule has 0 aromatic heterocycles. The molecule has 2 fully saturated rings. The summed E-state index contributed by atoms with van der Waals surface area (Å²) < 4.78 is 0. The normalized spacial score (nSPS) is 26.1. The summed E-state index contributed by atoms with van der Waals surface area (Å²) in [6, 6.07) is 0. The van der Waals surface area contributed by atoms with Crippen molar-refractivity contribution in [3.63, 3.8) is 0 Å². The van der Waals surface area contributed by atoms with Crippen molar-refractivity contribution < 1.29 is 4.79 Å². The molecule has 14 heavy (non-hydrogen) atoms. The summed E-state index contributed by atoms with van der Waals surface area (Å²) in [5.74, 6) is 0.908. The predicted molar refractivity (Wildman–Crippen MR) is 56.3 cm³/mol. The van der Waals surface area contributed by atoms with Crippen LogP contribution in [0.2, 0.25) is 0 Å². The predicted octanol–water partition coefficient (Wildman–Crippen LogP) is 0.603. The molecule has 1 aliphatic carbocycles. The molecule has 1 saturated heterocycles. The second-order valence-corrected chi connectivity index (χ2v) is 4.67. The number of carbonyl (C=O) groups is 1. The highest BCUT2D eigenvalue weighted by Crippen LogP contribution is 2.29. The van der Waals surface area contributed by atoms with Crippen LogP contribution in [0, 0.1) is 5.92 Å². The van der Waals surface area contributed by atoms with Crippen molar-refractivity contribution >= 4 is 5.78 Å². The molecule has 0 atom stereocenters. The van der Waals surface area contributed by atoms with Crippen LogP contribution in [0.1, 0.15) is 19.3 Å². The Bertz CT molecular complexity index is 213. The summed E-state index contributed by atoms with van der Waals surface area (Å²) in [4.78, 5) is 16.3. The molecule has 0 bridgehead atoms. The van der Waals surface area contributed by atoms with E-state index in [1.165, 1.54) is 13.0 Å². The molecule has 0 aromatic carbocycles. The monoisotopic (exact) mass is 196 g/mol. The Hall–Kier alpha value is -0.410. The van der Waals surface area contributed by atoms with Crippen LogP contribution >= 0.6 is 0 Å². The van der Waals surface area contributed by atoms with Gasteiger partial charge >= 0.3 is 0 Å². The first-order valence-electron chi connectivity index (χ1n) is 5.69. The lowest BCUT2D eigenvalue weighted by molar-refractivity contribution is -0.121. The van der Waals surface area contributed by atoms with Crippen molar-refractivity contribution in [3.8, 4) is 0 Å². The number of hydrogen-bond donors (Lipinski definition) is 0. The fraction of sp³-hybridized carbons (Fsp3) is 0.909. The molecule has 3 nitrogen and oxygen atoms in total. The standard InChI is InChI=1S/C11H20N2O/c1-12-5-2-6-13(8-7-12)9-11(14)10-3-4-10/h10H,2-9H2,1H3. The molecule has 2 aliphatic rings. The average molecular weight is 196 g/mol. The minimum absolute atomic E-state index is 0.427. The highest BCUT2D eigenvalue weighted by Gasteiger charge is 2.30. The van der Waals surface area contributed by atoms with Gasteiger partial charge in [-0.15, -0.1) is 0 Å². The molecule has 1 aliphatic heterocycles. The lowest BCUT2D eigenvalue weighted by Gasteiger charge is -2.18. The molecule has 3 heteroatoms. The SMILES string of the molecule is CN1CCCN(CC(=O)C2CC2)CC1. The van der Waals surface area contributed by atoms with Gasteiger partial charge in [-0.3, -0.25) is 9.69 Å². The summed E-state index contributed by atoms with van der Waals surface area (Å²) in [5.41, 5.74) is 0. The van der Waals surface area contributed by atoms with Crippen LogP contribution in [-0.2, 0) is 4.79 Å². The smallest absolute Gasteiger partial charge is 0.149 e. The Morgan fingerprint density at radius 1 is 1.21 bits per heavy atom. The molecule has 0 N–H and O–H groups in total. The van der Waals surface area contributed by atoms with Crippen LogP contribution in [-0.4, -0.2) is 55.4 Å². The maximum absolute atomic E-state index is 11.6. The first-order valence-corrected chi connectivity index (χ1v) is 5.69. The van der Waals surface area contributed by atoms with Gasteiger partial charge in [-0.25, -0.2) is 0 Å². The van der Waals surface area contributed by atoms with E-state index in [1.807, 2.05) is 0 Å². The number of ketones is 1. The van der Waals surface area contributed by atoms with Crippen LogP contribution < -0.4 is 0 Å². The fourth-order valence-electron chi connectivity index (χ4n) is 2.01. The van der Waals surface area contributed by atoms with E-state index in [-0.39, 0.29) is 0 Å². The maximum Gasteiger partial charge on any atom is 0.149 e. The molecule has 2 rings (SSSR count). The highest BCUT2D eigenvalue weighted by atomic mass is 16.1. The third-order valence-electron chi connectivity index (χ3n) is 3.22. The highest BCUT2D eigenvalue weighted by molar-refractivity contribution is 5.84. The van der Waals surface area contributed by atoms with Gasteiger partial charge in [0.1, 0.15) is 5.78 Å². The average Bonchev–Trinajstić information content (AvgIpc) is 2.94. The van der Waals surface area contributed by atoms with Crippen molar-refractivity contribution in [2.75, 3.05) is 39.8 Å². The Morgan fingerprint density at radius 3 is 2.71 bits per heavy atom. The largest absolute Gasteiger partial charge is 0.305 e. The van der Waals surface area contributed by atoms with Crippen LogP contribution in [0.3, 0.4) is 0 Å². The number of Topliss-reactive ketones (excluding diaryl/α,β-unsaturated/α-hetero) is 1. The van der Waals surface area contributed by atoms with E-state index in [9.17, 15) is 4.79 Å². The van der Waals surface area contributed by atoms with Gasteiger partial charge in [-0.05, 0) is 39.4 Å². The van der Waals surface area contributed by atoms with E-state index in [0.717, 1.165) is 32.5 Å². The third-order valence-corrected chi connectivity index (χ3v) is 3.22. The lowest BCUT2D eigenvalue weighted by Crippen LogP contribution is -2.33. The van der Waals surface area contributed by atoms with Gasteiger partial charge in [-0.2, -0.15) is 0 Å². The van der Waals surface area contributed by atoms with Crippen molar-refractivity contribution in [3.05, 3.63) is 0 Å². The Morgan fingerprint density at radius 2 is 2.00 bits per heavy atom. The van der Waals surface area contributed by atoms with Crippen LogP contribution in [0.4, 0.5) is 0 Å². The number of hydrogen-bond acceptors (Lipinski definition) is 3. The third kappa shape index (κ3) is 2.79. The van der Waals surface area contributed by atoms with E-state index < -0.39 is 0 Å². The Balaban J connectivity index is 1.76. The van der Waals surface area contributed by atoms with E-state index in [4.69, 9.17) is 0 Å². The van der Waals surface area contributed by atoms with Gasteiger partial charge in [0, 0.05) is 19.0 Å². The van der Waals surface area contributed by atoms with Gasteiger partial charge in [0.15, 0.2) is 0 Å². The molecular weight excluding hydrogens is 176 g/mol. The molecule has 1 heterocycles.